The van der Waals surface area contributed by atoms with Crippen LogP contribution in [-0.4, -0.2) is 28.2 Å². The predicted octanol–water partition coefficient (Wildman–Crippen LogP) is 4.53. The Hall–Kier alpha value is -3.74. The average molecular weight is 423 g/mol. The number of hydrogen-bond acceptors (Lipinski definition) is 4. The summed E-state index contributed by atoms with van der Waals surface area (Å²) in [6.07, 6.45) is 0.375. The molecular formula is C24H19F2NO4. The zero-order valence-corrected chi connectivity index (χ0v) is 16.6. The number of hydrogen-bond donors (Lipinski definition) is 1. The lowest BCUT2D eigenvalue weighted by atomic mass is 9.99. The van der Waals surface area contributed by atoms with Gasteiger partial charge in [-0.2, -0.15) is 0 Å². The molecule has 0 aliphatic carbocycles. The van der Waals surface area contributed by atoms with Crippen molar-refractivity contribution in [2.45, 2.75) is 19.4 Å². The van der Waals surface area contributed by atoms with E-state index in [1.165, 1.54) is 29.2 Å². The molecule has 5 nitrogen and oxygen atoms in total. The van der Waals surface area contributed by atoms with Crippen LogP contribution in [0.2, 0.25) is 0 Å². The van der Waals surface area contributed by atoms with Crippen LogP contribution in [0, 0.1) is 18.6 Å². The molecule has 1 saturated heterocycles. The minimum absolute atomic E-state index is 0.120. The molecule has 0 saturated carbocycles. The zero-order chi connectivity index (χ0) is 22.1. The maximum atomic E-state index is 13.3. The van der Waals surface area contributed by atoms with Gasteiger partial charge < -0.3 is 14.4 Å². The van der Waals surface area contributed by atoms with Crippen LogP contribution in [0.4, 0.5) is 8.78 Å². The van der Waals surface area contributed by atoms with Crippen molar-refractivity contribution in [2.75, 3.05) is 6.54 Å². The van der Waals surface area contributed by atoms with Gasteiger partial charge in [0.25, 0.3) is 11.7 Å². The van der Waals surface area contributed by atoms with Gasteiger partial charge in [0, 0.05) is 12.1 Å². The van der Waals surface area contributed by atoms with Gasteiger partial charge in [0.1, 0.15) is 35.0 Å². The summed E-state index contributed by atoms with van der Waals surface area (Å²) in [4.78, 5) is 27.0. The summed E-state index contributed by atoms with van der Waals surface area (Å²) in [6.45, 7) is 1.88. The van der Waals surface area contributed by atoms with E-state index < -0.39 is 29.3 Å². The Morgan fingerprint density at radius 2 is 1.58 bits per heavy atom. The van der Waals surface area contributed by atoms with Crippen molar-refractivity contribution in [1.82, 2.24) is 4.90 Å². The molecule has 1 aliphatic rings. The summed E-state index contributed by atoms with van der Waals surface area (Å²) < 4.78 is 32.2. The van der Waals surface area contributed by atoms with Crippen molar-refractivity contribution >= 4 is 17.4 Å². The largest absolute Gasteiger partial charge is 0.507 e. The third-order valence-corrected chi connectivity index (χ3v) is 5.24. The van der Waals surface area contributed by atoms with Crippen LogP contribution in [0.5, 0.6) is 0 Å². The van der Waals surface area contributed by atoms with Crippen LogP contribution >= 0.6 is 0 Å². The third-order valence-electron chi connectivity index (χ3n) is 5.24. The van der Waals surface area contributed by atoms with E-state index in [0.717, 1.165) is 17.7 Å². The Balaban J connectivity index is 1.74. The van der Waals surface area contributed by atoms with Gasteiger partial charge in [-0.25, -0.2) is 8.78 Å². The van der Waals surface area contributed by atoms with Gasteiger partial charge in [-0.15, -0.1) is 0 Å². The molecular weight excluding hydrogens is 404 g/mol. The van der Waals surface area contributed by atoms with Crippen LogP contribution in [0.3, 0.4) is 0 Å². The van der Waals surface area contributed by atoms with E-state index in [2.05, 4.69) is 0 Å². The molecule has 1 N–H and O–H groups in total. The second kappa shape index (κ2) is 8.18. The minimum Gasteiger partial charge on any atom is -0.507 e. The first-order chi connectivity index (χ1) is 14.8. The number of aliphatic hydroxyl groups excluding tert-OH is 1. The number of halogens is 2. The molecule has 7 heteroatoms. The normalized spacial score (nSPS) is 18.0. The number of aliphatic hydroxyl groups is 1. The van der Waals surface area contributed by atoms with Gasteiger partial charge >= 0.3 is 0 Å². The van der Waals surface area contributed by atoms with Crippen LogP contribution < -0.4 is 0 Å². The number of ketones is 1. The summed E-state index contributed by atoms with van der Waals surface area (Å²) in [6, 6.07) is 13.3. The summed E-state index contributed by atoms with van der Waals surface area (Å²) >= 11 is 0. The van der Waals surface area contributed by atoms with E-state index in [1.54, 1.807) is 31.2 Å². The number of carbonyl (C=O) groups excluding carboxylic acids is 2. The number of rotatable bonds is 5. The molecule has 0 spiro atoms. The second-order valence-corrected chi connectivity index (χ2v) is 7.32. The lowest BCUT2D eigenvalue weighted by Gasteiger charge is -2.23. The zero-order valence-electron chi connectivity index (χ0n) is 16.6. The first kappa shape index (κ1) is 20.5. The topological polar surface area (TPSA) is 70.8 Å². The van der Waals surface area contributed by atoms with Crippen molar-refractivity contribution in [3.8, 4) is 0 Å². The van der Waals surface area contributed by atoms with Crippen LogP contribution in [0.15, 0.2) is 70.7 Å². The Morgan fingerprint density at radius 1 is 0.968 bits per heavy atom. The summed E-state index contributed by atoms with van der Waals surface area (Å²) in [5.41, 5.74) is 0.882. The number of nitrogens with zero attached hydrogens (tertiary/aromatic N) is 1. The van der Waals surface area contributed by atoms with E-state index in [0.29, 0.717) is 17.9 Å². The Kier molecular flexibility index (Phi) is 5.42. The fraction of sp³-hybridized carbons (Fsp3) is 0.167. The predicted molar refractivity (Wildman–Crippen MR) is 109 cm³/mol. The van der Waals surface area contributed by atoms with Crippen molar-refractivity contribution < 1.29 is 27.9 Å². The van der Waals surface area contributed by atoms with Gasteiger partial charge in [0.05, 0.1) is 5.57 Å². The van der Waals surface area contributed by atoms with Crippen molar-refractivity contribution in [3.63, 3.8) is 0 Å². The van der Waals surface area contributed by atoms with Gasteiger partial charge in [-0.05, 0) is 67.4 Å². The van der Waals surface area contributed by atoms with E-state index in [1.807, 2.05) is 0 Å². The number of Topliss-reactive ketones (excluding diaryl/α,β-unsaturated/α-hetero) is 1. The molecule has 1 fully saturated rings. The fourth-order valence-electron chi connectivity index (χ4n) is 3.67. The van der Waals surface area contributed by atoms with E-state index in [9.17, 15) is 23.5 Å². The molecule has 31 heavy (non-hydrogen) atoms. The maximum absolute atomic E-state index is 13.3. The molecule has 0 bridgehead atoms. The Bertz CT molecular complexity index is 1160. The number of amides is 1. The summed E-state index contributed by atoms with van der Waals surface area (Å²) in [7, 11) is 0. The molecule has 158 valence electrons. The average Bonchev–Trinajstić information content (AvgIpc) is 3.29. The fourth-order valence-corrected chi connectivity index (χ4v) is 3.67. The SMILES string of the molecule is Cc1ccc(C2/C(=C(/O)c3ccc(F)cc3)C(=O)C(=O)N2CCc2ccc(F)cc2)o1. The molecule has 1 unspecified atom stereocenters. The number of carbonyl (C=O) groups is 2. The lowest BCUT2D eigenvalue weighted by Crippen LogP contribution is -2.31. The Morgan fingerprint density at radius 3 is 2.16 bits per heavy atom. The lowest BCUT2D eigenvalue weighted by molar-refractivity contribution is -0.140. The quantitative estimate of drug-likeness (QED) is 0.372. The molecule has 0 radical (unpaired) electrons. The minimum atomic E-state index is -0.931. The van der Waals surface area contributed by atoms with Gasteiger partial charge in [0.15, 0.2) is 0 Å². The first-order valence-electron chi connectivity index (χ1n) is 9.70. The maximum Gasteiger partial charge on any atom is 0.295 e. The van der Waals surface area contributed by atoms with Gasteiger partial charge in [0.2, 0.25) is 0 Å². The molecule has 4 rings (SSSR count). The van der Waals surface area contributed by atoms with Gasteiger partial charge in [-0.3, -0.25) is 9.59 Å². The van der Waals surface area contributed by atoms with E-state index >= 15 is 0 Å². The van der Waals surface area contributed by atoms with Crippen LogP contribution in [0.1, 0.15) is 28.7 Å². The molecule has 1 aromatic heterocycles. The molecule has 2 aromatic carbocycles. The number of benzene rings is 2. The van der Waals surface area contributed by atoms with Crippen LogP contribution in [-0.2, 0) is 16.0 Å². The molecule has 1 atom stereocenters. The number of furan rings is 1. The van der Waals surface area contributed by atoms with E-state index in [-0.39, 0.29) is 23.5 Å². The Labute approximate surface area is 177 Å². The number of likely N-dealkylation sites (tertiary alicyclic amines) is 1. The molecule has 1 aliphatic heterocycles. The molecule has 3 aromatic rings. The summed E-state index contributed by atoms with van der Waals surface area (Å²) in [5, 5.41) is 10.8. The molecule has 2 heterocycles. The summed E-state index contributed by atoms with van der Waals surface area (Å²) in [5.74, 6) is -1.96. The van der Waals surface area contributed by atoms with E-state index in [4.69, 9.17) is 4.42 Å². The first-order valence-corrected chi connectivity index (χ1v) is 9.70. The highest BCUT2D eigenvalue weighted by atomic mass is 19.1. The number of aryl methyl sites for hydroxylation is 1. The third kappa shape index (κ3) is 3.99. The van der Waals surface area contributed by atoms with Crippen molar-refractivity contribution in [3.05, 3.63) is 101 Å². The standard InChI is InChI=1S/C24H19F2NO4/c1-14-2-11-19(31-14)21-20(22(28)16-5-9-18(26)10-6-16)23(29)24(30)27(21)13-12-15-3-7-17(25)8-4-15/h2-11,21,28H,12-13H2,1H3/b22-20-. The monoisotopic (exact) mass is 423 g/mol. The van der Waals surface area contributed by atoms with Gasteiger partial charge in [-0.1, -0.05) is 12.1 Å². The smallest absolute Gasteiger partial charge is 0.295 e. The second-order valence-electron chi connectivity index (χ2n) is 7.32. The highest BCUT2D eigenvalue weighted by Gasteiger charge is 2.47. The van der Waals surface area contributed by atoms with Crippen LogP contribution in [0.25, 0.3) is 5.76 Å². The highest BCUT2D eigenvalue weighted by Crippen LogP contribution is 2.40. The van der Waals surface area contributed by atoms with Crippen molar-refractivity contribution in [2.24, 2.45) is 0 Å². The van der Waals surface area contributed by atoms with Crippen molar-refractivity contribution in [1.29, 1.82) is 0 Å². The highest BCUT2D eigenvalue weighted by molar-refractivity contribution is 6.46. The molecule has 1 amide bonds.